The predicted octanol–water partition coefficient (Wildman–Crippen LogP) is 4.47. The van der Waals surface area contributed by atoms with Gasteiger partial charge in [-0.15, -0.1) is 0 Å². The number of amides is 1. The molecule has 29 heavy (non-hydrogen) atoms. The van der Waals surface area contributed by atoms with Crippen LogP contribution in [0.1, 0.15) is 5.56 Å². The second kappa shape index (κ2) is 8.98. The molecule has 0 spiro atoms. The van der Waals surface area contributed by atoms with Crippen molar-refractivity contribution in [1.82, 2.24) is 0 Å². The van der Waals surface area contributed by atoms with Crippen LogP contribution in [0.4, 0.5) is 11.4 Å². The molecule has 0 fully saturated rings. The third-order valence-corrected chi connectivity index (χ3v) is 5.60. The summed E-state index contributed by atoms with van der Waals surface area (Å²) in [7, 11) is -3.77. The fourth-order valence-corrected chi connectivity index (χ4v) is 3.81. The summed E-state index contributed by atoms with van der Waals surface area (Å²) in [6, 6.07) is 19.8. The topological polar surface area (TPSA) is 84.5 Å². The molecular formula is C21H19ClN2O4S. The molecular weight excluding hydrogens is 412 g/mol. The van der Waals surface area contributed by atoms with Gasteiger partial charge in [0.1, 0.15) is 5.75 Å². The highest BCUT2D eigenvalue weighted by Crippen LogP contribution is 2.24. The van der Waals surface area contributed by atoms with Crippen LogP contribution in [0.25, 0.3) is 0 Å². The number of hydrogen-bond donors (Lipinski definition) is 2. The first-order valence-electron chi connectivity index (χ1n) is 8.70. The van der Waals surface area contributed by atoms with Crippen molar-refractivity contribution in [2.75, 3.05) is 16.6 Å². The molecule has 0 aromatic heterocycles. The minimum absolute atomic E-state index is 0.0889. The maximum absolute atomic E-state index is 12.6. The molecule has 6 nitrogen and oxygen atoms in total. The molecule has 3 rings (SSSR count). The Kier molecular flexibility index (Phi) is 6.41. The van der Waals surface area contributed by atoms with Crippen molar-refractivity contribution in [3.63, 3.8) is 0 Å². The first kappa shape index (κ1) is 20.7. The molecule has 3 aromatic rings. The molecule has 0 atom stereocenters. The molecule has 150 valence electrons. The Morgan fingerprint density at radius 2 is 1.66 bits per heavy atom. The van der Waals surface area contributed by atoms with Crippen LogP contribution in [0.15, 0.2) is 77.7 Å². The number of benzene rings is 3. The lowest BCUT2D eigenvalue weighted by Crippen LogP contribution is -2.20. The van der Waals surface area contributed by atoms with Crippen molar-refractivity contribution < 1.29 is 17.9 Å². The summed E-state index contributed by atoms with van der Waals surface area (Å²) >= 11 is 5.82. The number of aryl methyl sites for hydroxylation is 1. The molecule has 2 N–H and O–H groups in total. The van der Waals surface area contributed by atoms with Gasteiger partial charge in [0.2, 0.25) is 0 Å². The van der Waals surface area contributed by atoms with E-state index in [0.29, 0.717) is 27.7 Å². The molecule has 1 amide bonds. The second-order valence-electron chi connectivity index (χ2n) is 6.24. The number of carbonyl (C=O) groups excluding carboxylic acids is 1. The molecule has 0 heterocycles. The number of sulfonamides is 1. The predicted molar refractivity (Wildman–Crippen MR) is 114 cm³/mol. The quantitative estimate of drug-likeness (QED) is 0.579. The van der Waals surface area contributed by atoms with Crippen LogP contribution in [0.2, 0.25) is 5.02 Å². The van der Waals surface area contributed by atoms with E-state index in [1.54, 1.807) is 43.3 Å². The van der Waals surface area contributed by atoms with Crippen LogP contribution >= 0.6 is 11.6 Å². The van der Waals surface area contributed by atoms with E-state index in [1.807, 2.05) is 18.2 Å². The Morgan fingerprint density at radius 3 is 2.31 bits per heavy atom. The Labute approximate surface area is 174 Å². The number of halogens is 1. The summed E-state index contributed by atoms with van der Waals surface area (Å²) in [5.41, 5.74) is 1.67. The van der Waals surface area contributed by atoms with Crippen molar-refractivity contribution in [3.8, 4) is 5.75 Å². The van der Waals surface area contributed by atoms with Crippen molar-refractivity contribution in [2.45, 2.75) is 11.8 Å². The van der Waals surface area contributed by atoms with E-state index in [1.165, 1.54) is 18.2 Å². The molecule has 0 aliphatic rings. The maximum atomic E-state index is 12.6. The first-order valence-corrected chi connectivity index (χ1v) is 10.6. The summed E-state index contributed by atoms with van der Waals surface area (Å²) in [6.07, 6.45) is 0. The normalized spacial score (nSPS) is 11.0. The van der Waals surface area contributed by atoms with Crippen molar-refractivity contribution in [2.24, 2.45) is 0 Å². The smallest absolute Gasteiger partial charge is 0.262 e. The van der Waals surface area contributed by atoms with E-state index in [4.69, 9.17) is 16.3 Å². The Bertz CT molecular complexity index is 1100. The van der Waals surface area contributed by atoms with Gasteiger partial charge in [-0.2, -0.15) is 0 Å². The van der Waals surface area contributed by atoms with Gasteiger partial charge in [0.15, 0.2) is 6.61 Å². The van der Waals surface area contributed by atoms with Gasteiger partial charge in [-0.05, 0) is 67.1 Å². The van der Waals surface area contributed by atoms with Gasteiger partial charge in [0.05, 0.1) is 4.90 Å². The summed E-state index contributed by atoms with van der Waals surface area (Å²) in [6.45, 7) is 1.52. The van der Waals surface area contributed by atoms with E-state index < -0.39 is 10.0 Å². The fraction of sp³-hybridized carbons (Fsp3) is 0.0952. The van der Waals surface area contributed by atoms with Crippen molar-refractivity contribution in [3.05, 3.63) is 83.4 Å². The Hall–Kier alpha value is -3.03. The molecule has 0 unspecified atom stereocenters. The van der Waals surface area contributed by atoms with Crippen LogP contribution in [0, 0.1) is 6.92 Å². The molecule has 8 heteroatoms. The number of nitrogens with one attached hydrogen (secondary N) is 2. The van der Waals surface area contributed by atoms with Gasteiger partial charge < -0.3 is 10.1 Å². The highest BCUT2D eigenvalue weighted by molar-refractivity contribution is 7.92. The third kappa shape index (κ3) is 5.73. The average molecular weight is 431 g/mol. The maximum Gasteiger partial charge on any atom is 0.262 e. The van der Waals surface area contributed by atoms with Crippen LogP contribution in [-0.2, 0) is 14.8 Å². The van der Waals surface area contributed by atoms with Gasteiger partial charge >= 0.3 is 0 Å². The Morgan fingerprint density at radius 1 is 0.966 bits per heavy atom. The minimum atomic E-state index is -3.77. The third-order valence-electron chi connectivity index (χ3n) is 3.97. The SMILES string of the molecule is Cc1cc(S(=O)(=O)Nc2ccc(Cl)cc2)ccc1OCC(=O)Nc1ccccc1. The highest BCUT2D eigenvalue weighted by atomic mass is 35.5. The number of anilines is 2. The second-order valence-corrected chi connectivity index (χ2v) is 8.36. The fourth-order valence-electron chi connectivity index (χ4n) is 2.54. The molecule has 0 bridgehead atoms. The van der Waals surface area contributed by atoms with Gasteiger partial charge in [-0.3, -0.25) is 9.52 Å². The summed E-state index contributed by atoms with van der Waals surface area (Å²) in [5.74, 6) is 0.121. The first-order chi connectivity index (χ1) is 13.8. The highest BCUT2D eigenvalue weighted by Gasteiger charge is 2.16. The lowest BCUT2D eigenvalue weighted by molar-refractivity contribution is -0.118. The zero-order chi connectivity index (χ0) is 20.9. The lowest BCUT2D eigenvalue weighted by Gasteiger charge is -2.12. The molecule has 0 radical (unpaired) electrons. The number of rotatable bonds is 7. The molecule has 0 aliphatic carbocycles. The largest absolute Gasteiger partial charge is 0.483 e. The van der Waals surface area contributed by atoms with E-state index in [-0.39, 0.29) is 17.4 Å². The van der Waals surface area contributed by atoms with Crippen LogP contribution in [-0.4, -0.2) is 20.9 Å². The zero-order valence-corrected chi connectivity index (χ0v) is 17.1. The van der Waals surface area contributed by atoms with Gasteiger partial charge in [0, 0.05) is 16.4 Å². The van der Waals surface area contributed by atoms with Gasteiger partial charge in [0.25, 0.3) is 15.9 Å². The standard InChI is InChI=1S/C21H19ClN2O4S/c1-15-13-19(29(26,27)24-18-9-7-16(22)8-10-18)11-12-20(15)28-14-21(25)23-17-5-3-2-4-6-17/h2-13,24H,14H2,1H3,(H,23,25). The molecule has 3 aromatic carbocycles. The van der Waals surface area contributed by atoms with Crippen LogP contribution in [0.5, 0.6) is 5.75 Å². The van der Waals surface area contributed by atoms with E-state index >= 15 is 0 Å². The summed E-state index contributed by atoms with van der Waals surface area (Å²) in [5, 5.41) is 3.23. The summed E-state index contributed by atoms with van der Waals surface area (Å²) < 4.78 is 33.2. The van der Waals surface area contributed by atoms with Crippen molar-refractivity contribution >= 4 is 38.9 Å². The number of ether oxygens (including phenoxy) is 1. The number of hydrogen-bond acceptors (Lipinski definition) is 4. The number of carbonyl (C=O) groups is 1. The number of para-hydroxylation sites is 1. The minimum Gasteiger partial charge on any atom is -0.483 e. The average Bonchev–Trinajstić information content (AvgIpc) is 2.69. The van der Waals surface area contributed by atoms with Crippen LogP contribution < -0.4 is 14.8 Å². The monoisotopic (exact) mass is 430 g/mol. The van der Waals surface area contributed by atoms with E-state index in [9.17, 15) is 13.2 Å². The van der Waals surface area contributed by atoms with Gasteiger partial charge in [-0.25, -0.2) is 8.42 Å². The van der Waals surface area contributed by atoms with Crippen molar-refractivity contribution in [1.29, 1.82) is 0 Å². The van der Waals surface area contributed by atoms with E-state index in [2.05, 4.69) is 10.0 Å². The van der Waals surface area contributed by atoms with E-state index in [0.717, 1.165) is 0 Å². The Balaban J connectivity index is 1.64. The molecule has 0 saturated carbocycles. The lowest BCUT2D eigenvalue weighted by atomic mass is 10.2. The van der Waals surface area contributed by atoms with Crippen LogP contribution in [0.3, 0.4) is 0 Å². The molecule has 0 aliphatic heterocycles. The molecule has 0 saturated heterocycles. The van der Waals surface area contributed by atoms with Gasteiger partial charge in [-0.1, -0.05) is 29.8 Å². The summed E-state index contributed by atoms with van der Waals surface area (Å²) in [4.78, 5) is 12.1. The zero-order valence-electron chi connectivity index (χ0n) is 15.6.